The standard InChI is InChI=1S/C28H34F3N7O3/c1-15(2)38(13-23-22(39)12-25(40-23)37-8-7-19-26(32)33-14-34-27(19)37)17-9-16(10-17)3-6-24-35-20-5-4-18(11-21(20)36-24)41-28(29,30)31/h4-5,7-8,11,14-17,22-23,25,39H,3,6,9-10,12-13H2,1-2H3,(H,35,36)(H2,32,33,34)/t16?,17?,22-,23+,25+/m0/s1. The minimum absolute atomic E-state index is 0.265. The number of anilines is 1. The molecular weight excluding hydrogens is 539 g/mol. The van der Waals surface area contributed by atoms with Gasteiger partial charge in [0.15, 0.2) is 0 Å². The number of rotatable bonds is 9. The number of hydrogen-bond acceptors (Lipinski definition) is 8. The van der Waals surface area contributed by atoms with Gasteiger partial charge in [0.05, 0.1) is 28.6 Å². The lowest BCUT2D eigenvalue weighted by atomic mass is 9.76. The molecule has 1 aliphatic heterocycles. The fraction of sp³-hybridized carbons (Fsp3) is 0.536. The highest BCUT2D eigenvalue weighted by molar-refractivity contribution is 5.86. The summed E-state index contributed by atoms with van der Waals surface area (Å²) >= 11 is 0. The van der Waals surface area contributed by atoms with Crippen LogP contribution in [0.4, 0.5) is 19.0 Å². The number of alkyl halides is 3. The van der Waals surface area contributed by atoms with E-state index < -0.39 is 12.5 Å². The lowest BCUT2D eigenvalue weighted by molar-refractivity contribution is -0.274. The number of benzene rings is 1. The first kappa shape index (κ1) is 27.7. The number of aromatic nitrogens is 5. The van der Waals surface area contributed by atoms with Crippen LogP contribution in [0.5, 0.6) is 5.75 Å². The van der Waals surface area contributed by atoms with E-state index in [4.69, 9.17) is 10.5 Å². The summed E-state index contributed by atoms with van der Waals surface area (Å²) in [5.74, 6) is 1.43. The number of nitrogens with one attached hydrogen (secondary N) is 1. The normalized spacial score (nSPS) is 25.0. The lowest BCUT2D eigenvalue weighted by Gasteiger charge is -2.46. The third-order valence-electron chi connectivity index (χ3n) is 8.31. The number of hydrogen-bond donors (Lipinski definition) is 3. The van der Waals surface area contributed by atoms with Crippen LogP contribution in [0.25, 0.3) is 22.1 Å². The monoisotopic (exact) mass is 573 g/mol. The highest BCUT2D eigenvalue weighted by Crippen LogP contribution is 2.38. The first-order valence-electron chi connectivity index (χ1n) is 13.9. The van der Waals surface area contributed by atoms with Gasteiger partial charge in [0, 0.05) is 43.7 Å². The largest absolute Gasteiger partial charge is 0.573 e. The van der Waals surface area contributed by atoms with Crippen molar-refractivity contribution in [1.29, 1.82) is 0 Å². The summed E-state index contributed by atoms with van der Waals surface area (Å²) in [4.78, 5) is 18.5. The van der Waals surface area contributed by atoms with Crippen molar-refractivity contribution in [3.05, 3.63) is 42.6 Å². The summed E-state index contributed by atoms with van der Waals surface area (Å²) in [6.07, 6.45) is 1.53. The average molecular weight is 574 g/mol. The second-order valence-corrected chi connectivity index (χ2v) is 11.4. The fourth-order valence-corrected chi connectivity index (χ4v) is 6.17. The number of nitrogens with zero attached hydrogens (tertiary/aromatic N) is 5. The van der Waals surface area contributed by atoms with Crippen LogP contribution in [-0.4, -0.2) is 71.7 Å². The highest BCUT2D eigenvalue weighted by Gasteiger charge is 2.41. The molecule has 4 aromatic rings. The molecule has 0 spiro atoms. The molecule has 13 heteroatoms. The SMILES string of the molecule is CC(C)N(C[C@H]1O[C@@H](n2ccc3c(N)ncnc32)C[C@@H]1O)C1CC(CCc2nc3ccc(OC(F)(F)F)cc3[nH]2)C1. The maximum absolute atomic E-state index is 12.5. The Morgan fingerprint density at radius 2 is 2.02 bits per heavy atom. The first-order valence-corrected chi connectivity index (χ1v) is 13.9. The van der Waals surface area contributed by atoms with Crippen LogP contribution in [0.15, 0.2) is 36.8 Å². The number of halogens is 3. The number of aliphatic hydroxyl groups excluding tert-OH is 1. The molecule has 0 unspecified atom stereocenters. The quantitative estimate of drug-likeness (QED) is 0.266. The van der Waals surface area contributed by atoms with Crippen LogP contribution < -0.4 is 10.5 Å². The predicted molar refractivity (Wildman–Crippen MR) is 146 cm³/mol. The number of ether oxygens (including phenoxy) is 2. The number of nitrogens with two attached hydrogens (primary N) is 1. The Morgan fingerprint density at radius 1 is 1.22 bits per heavy atom. The number of aryl methyl sites for hydroxylation is 1. The highest BCUT2D eigenvalue weighted by atomic mass is 19.4. The summed E-state index contributed by atoms with van der Waals surface area (Å²) in [7, 11) is 0. The van der Waals surface area contributed by atoms with Gasteiger partial charge in [0.2, 0.25) is 0 Å². The van der Waals surface area contributed by atoms with Crippen molar-refractivity contribution in [3.8, 4) is 5.75 Å². The number of nitrogen functional groups attached to an aromatic ring is 1. The molecule has 4 N–H and O–H groups in total. The van der Waals surface area contributed by atoms with Gasteiger partial charge < -0.3 is 29.9 Å². The molecule has 220 valence electrons. The minimum Gasteiger partial charge on any atom is -0.406 e. The summed E-state index contributed by atoms with van der Waals surface area (Å²) < 4.78 is 49.9. The zero-order valence-corrected chi connectivity index (χ0v) is 22.9. The summed E-state index contributed by atoms with van der Waals surface area (Å²) in [6.45, 7) is 4.96. The van der Waals surface area contributed by atoms with Crippen molar-refractivity contribution in [2.24, 2.45) is 5.92 Å². The maximum Gasteiger partial charge on any atom is 0.573 e. The Balaban J connectivity index is 1.02. The second kappa shape index (κ2) is 10.8. The van der Waals surface area contributed by atoms with E-state index >= 15 is 0 Å². The van der Waals surface area contributed by atoms with Gasteiger partial charge in [0.1, 0.15) is 35.6 Å². The molecule has 3 atom stereocenters. The Kier molecular flexibility index (Phi) is 7.28. The Bertz CT molecular complexity index is 1510. The molecule has 6 rings (SSSR count). The second-order valence-electron chi connectivity index (χ2n) is 11.4. The van der Waals surface area contributed by atoms with E-state index in [9.17, 15) is 18.3 Å². The molecule has 41 heavy (non-hydrogen) atoms. The molecule has 0 bridgehead atoms. The van der Waals surface area contributed by atoms with Crippen LogP contribution in [0.1, 0.15) is 51.6 Å². The molecule has 1 aliphatic carbocycles. The van der Waals surface area contributed by atoms with Crippen LogP contribution in [-0.2, 0) is 11.2 Å². The van der Waals surface area contributed by atoms with Crippen molar-refractivity contribution >= 4 is 27.9 Å². The molecule has 1 saturated carbocycles. The molecule has 0 radical (unpaired) electrons. The predicted octanol–water partition coefficient (Wildman–Crippen LogP) is 4.56. The van der Waals surface area contributed by atoms with E-state index in [0.29, 0.717) is 59.9 Å². The van der Waals surface area contributed by atoms with E-state index in [-0.39, 0.29) is 18.1 Å². The van der Waals surface area contributed by atoms with Crippen molar-refractivity contribution in [3.63, 3.8) is 0 Å². The molecular formula is C28H34F3N7O3. The molecule has 2 fully saturated rings. The van der Waals surface area contributed by atoms with Gasteiger partial charge in [-0.15, -0.1) is 13.2 Å². The average Bonchev–Trinajstić information content (AvgIpc) is 3.58. The maximum atomic E-state index is 12.5. The fourth-order valence-electron chi connectivity index (χ4n) is 6.17. The molecule has 2 aliphatic rings. The Hall–Kier alpha value is -3.42. The third-order valence-corrected chi connectivity index (χ3v) is 8.31. The van der Waals surface area contributed by atoms with Crippen molar-refractivity contribution in [2.75, 3.05) is 12.3 Å². The summed E-state index contributed by atoms with van der Waals surface area (Å²) in [5.41, 5.74) is 7.81. The Labute approximate surface area is 234 Å². The van der Waals surface area contributed by atoms with Crippen LogP contribution in [0.2, 0.25) is 0 Å². The smallest absolute Gasteiger partial charge is 0.406 e. The van der Waals surface area contributed by atoms with Gasteiger partial charge in [-0.3, -0.25) is 4.90 Å². The zero-order chi connectivity index (χ0) is 28.9. The first-order chi connectivity index (χ1) is 19.5. The lowest BCUT2D eigenvalue weighted by Crippen LogP contribution is -2.52. The molecule has 1 aromatic carbocycles. The summed E-state index contributed by atoms with van der Waals surface area (Å²) in [6, 6.07) is 6.68. The number of H-pyrrole nitrogens is 1. The van der Waals surface area contributed by atoms with Crippen molar-refractivity contribution in [2.45, 2.75) is 82.8 Å². The van der Waals surface area contributed by atoms with Crippen LogP contribution >= 0.6 is 0 Å². The topological polar surface area (TPSA) is 127 Å². The molecule has 10 nitrogen and oxygen atoms in total. The number of imidazole rings is 1. The minimum atomic E-state index is -4.73. The van der Waals surface area contributed by atoms with E-state index in [1.165, 1.54) is 24.5 Å². The number of aromatic amines is 1. The van der Waals surface area contributed by atoms with Gasteiger partial charge >= 0.3 is 6.36 Å². The number of aliphatic hydroxyl groups is 1. The van der Waals surface area contributed by atoms with E-state index in [0.717, 1.165) is 30.5 Å². The van der Waals surface area contributed by atoms with Crippen LogP contribution in [0, 0.1) is 5.92 Å². The summed E-state index contributed by atoms with van der Waals surface area (Å²) in [5, 5.41) is 11.7. The van der Waals surface area contributed by atoms with Crippen LogP contribution in [0.3, 0.4) is 0 Å². The van der Waals surface area contributed by atoms with E-state index in [2.05, 4.69) is 43.4 Å². The molecule has 1 saturated heterocycles. The van der Waals surface area contributed by atoms with Gasteiger partial charge in [-0.1, -0.05) is 0 Å². The molecule has 0 amide bonds. The van der Waals surface area contributed by atoms with Gasteiger partial charge in [-0.2, -0.15) is 0 Å². The molecule has 3 aromatic heterocycles. The van der Waals surface area contributed by atoms with Crippen molar-refractivity contribution in [1.82, 2.24) is 29.4 Å². The molecule has 4 heterocycles. The van der Waals surface area contributed by atoms with Gasteiger partial charge in [0.25, 0.3) is 0 Å². The van der Waals surface area contributed by atoms with Gasteiger partial charge in [-0.25, -0.2) is 15.0 Å². The van der Waals surface area contributed by atoms with E-state index in [1.807, 2.05) is 16.8 Å². The zero-order valence-electron chi connectivity index (χ0n) is 22.9. The Morgan fingerprint density at radius 3 is 2.78 bits per heavy atom. The van der Waals surface area contributed by atoms with Crippen molar-refractivity contribution < 1.29 is 27.8 Å². The third kappa shape index (κ3) is 5.84. The van der Waals surface area contributed by atoms with Gasteiger partial charge in [-0.05, 0) is 57.2 Å². The van der Waals surface area contributed by atoms with E-state index in [1.54, 1.807) is 0 Å². The number of fused-ring (bicyclic) bond motifs is 2.